The minimum Gasteiger partial charge on any atom is -0.452 e. The minimum absolute atomic E-state index is 0.0819. The van der Waals surface area contributed by atoms with E-state index in [0.29, 0.717) is 11.4 Å². The molecule has 1 N–H and O–H groups in total. The molecule has 0 bridgehead atoms. The number of aromatic nitrogens is 2. The van der Waals surface area contributed by atoms with Crippen molar-refractivity contribution in [1.29, 1.82) is 0 Å². The molecule has 1 aromatic carbocycles. The van der Waals surface area contributed by atoms with Crippen LogP contribution in [0.15, 0.2) is 67.1 Å². The molecule has 0 unspecified atom stereocenters. The Kier molecular flexibility index (Phi) is 6.37. The van der Waals surface area contributed by atoms with Gasteiger partial charge in [0, 0.05) is 36.9 Å². The van der Waals surface area contributed by atoms with E-state index in [1.54, 1.807) is 24.4 Å². The van der Waals surface area contributed by atoms with Gasteiger partial charge in [0.1, 0.15) is 11.3 Å². The van der Waals surface area contributed by atoms with Gasteiger partial charge in [-0.1, -0.05) is 0 Å². The predicted octanol–water partition coefficient (Wildman–Crippen LogP) is 3.66. The molecule has 31 heavy (non-hydrogen) atoms. The van der Waals surface area contributed by atoms with Gasteiger partial charge < -0.3 is 19.7 Å². The van der Waals surface area contributed by atoms with Crippen LogP contribution in [0.2, 0.25) is 0 Å². The summed E-state index contributed by atoms with van der Waals surface area (Å²) in [6.07, 6.45) is 7.03. The van der Waals surface area contributed by atoms with Crippen LogP contribution in [-0.2, 0) is 9.53 Å². The third-order valence-electron chi connectivity index (χ3n) is 4.80. The van der Waals surface area contributed by atoms with E-state index in [2.05, 4.69) is 20.2 Å². The highest BCUT2D eigenvalue weighted by molar-refractivity contribution is 5.96. The lowest BCUT2D eigenvalue weighted by molar-refractivity contribution is -0.119. The molecule has 3 heterocycles. The first-order valence-electron chi connectivity index (χ1n) is 10.0. The van der Waals surface area contributed by atoms with Crippen LogP contribution < -0.4 is 15.0 Å². The highest BCUT2D eigenvalue weighted by atomic mass is 16.5. The van der Waals surface area contributed by atoms with Crippen molar-refractivity contribution in [3.8, 4) is 11.6 Å². The lowest BCUT2D eigenvalue weighted by Gasteiger charge is -2.17. The number of carbonyl (C=O) groups is 2. The van der Waals surface area contributed by atoms with E-state index in [1.807, 2.05) is 24.3 Å². The summed E-state index contributed by atoms with van der Waals surface area (Å²) in [5, 5.41) is 2.73. The molecule has 158 valence electrons. The second kappa shape index (κ2) is 9.71. The van der Waals surface area contributed by atoms with Crippen LogP contribution in [0.1, 0.15) is 23.2 Å². The summed E-state index contributed by atoms with van der Waals surface area (Å²) in [6.45, 7) is 1.69. The van der Waals surface area contributed by atoms with Gasteiger partial charge in [-0.25, -0.2) is 9.78 Å². The van der Waals surface area contributed by atoms with Gasteiger partial charge in [-0.3, -0.25) is 9.78 Å². The van der Waals surface area contributed by atoms with E-state index in [0.717, 1.165) is 18.8 Å². The molecular weight excluding hydrogens is 396 g/mol. The zero-order chi connectivity index (χ0) is 21.5. The first-order valence-corrected chi connectivity index (χ1v) is 10.0. The Bertz CT molecular complexity index is 1030. The first-order chi connectivity index (χ1) is 15.2. The lowest BCUT2D eigenvalue weighted by Crippen LogP contribution is -2.21. The van der Waals surface area contributed by atoms with Gasteiger partial charge in [-0.2, -0.15) is 0 Å². The Morgan fingerprint density at radius 1 is 1.00 bits per heavy atom. The molecule has 0 spiro atoms. The number of hydrogen-bond acceptors (Lipinski definition) is 7. The van der Waals surface area contributed by atoms with E-state index in [-0.39, 0.29) is 11.4 Å². The Balaban J connectivity index is 1.32. The second-order valence-corrected chi connectivity index (χ2v) is 7.01. The molecule has 0 atom stereocenters. The fraction of sp³-hybridized carbons (Fsp3) is 0.217. The maximum absolute atomic E-state index is 12.5. The van der Waals surface area contributed by atoms with E-state index >= 15 is 0 Å². The van der Waals surface area contributed by atoms with Crippen LogP contribution in [0.4, 0.5) is 11.4 Å². The summed E-state index contributed by atoms with van der Waals surface area (Å²) in [5.41, 5.74) is 1.90. The summed E-state index contributed by atoms with van der Waals surface area (Å²) in [5.74, 6) is -0.615. The van der Waals surface area contributed by atoms with Crippen LogP contribution in [0.3, 0.4) is 0 Å². The quantitative estimate of drug-likeness (QED) is 0.585. The van der Waals surface area contributed by atoms with Crippen LogP contribution in [0.25, 0.3) is 0 Å². The number of carbonyl (C=O) groups excluding carboxylic acids is 2. The summed E-state index contributed by atoms with van der Waals surface area (Å²) < 4.78 is 10.8. The molecule has 4 rings (SSSR count). The highest BCUT2D eigenvalue weighted by Gasteiger charge is 2.17. The molecule has 0 aliphatic carbocycles. The van der Waals surface area contributed by atoms with Gasteiger partial charge in [0.2, 0.25) is 5.88 Å². The topological polar surface area (TPSA) is 93.7 Å². The Hall–Kier alpha value is -3.94. The Labute approximate surface area is 179 Å². The zero-order valence-corrected chi connectivity index (χ0v) is 16.9. The van der Waals surface area contributed by atoms with Crippen molar-refractivity contribution < 1.29 is 19.1 Å². The van der Waals surface area contributed by atoms with Crippen LogP contribution in [0.5, 0.6) is 11.6 Å². The van der Waals surface area contributed by atoms with Crippen molar-refractivity contribution in [1.82, 2.24) is 9.97 Å². The molecule has 8 heteroatoms. The molecule has 0 saturated carbocycles. The maximum Gasteiger partial charge on any atom is 0.344 e. The van der Waals surface area contributed by atoms with Crippen molar-refractivity contribution in [3.05, 3.63) is 72.7 Å². The summed E-state index contributed by atoms with van der Waals surface area (Å²) in [6, 6.07) is 14.2. The van der Waals surface area contributed by atoms with E-state index in [1.165, 1.54) is 31.3 Å². The molecule has 2 aromatic heterocycles. The van der Waals surface area contributed by atoms with Gasteiger partial charge in [0.15, 0.2) is 6.61 Å². The van der Waals surface area contributed by atoms with Crippen molar-refractivity contribution >= 4 is 23.3 Å². The predicted molar refractivity (Wildman–Crippen MR) is 115 cm³/mol. The van der Waals surface area contributed by atoms with Gasteiger partial charge in [0.25, 0.3) is 5.91 Å². The number of ether oxygens (including phenoxy) is 2. The number of nitrogens with one attached hydrogen (secondary N) is 1. The molecule has 1 aliphatic heterocycles. The number of amides is 1. The SMILES string of the molecule is O=C(COC(=O)c1cccnc1Oc1cccnc1)Nc1ccc(N2CCCC2)cc1. The first kappa shape index (κ1) is 20.3. The van der Waals surface area contributed by atoms with Crippen molar-refractivity contribution in [3.63, 3.8) is 0 Å². The van der Waals surface area contributed by atoms with Crippen molar-refractivity contribution in [2.75, 3.05) is 29.9 Å². The number of nitrogens with zero attached hydrogens (tertiary/aromatic N) is 3. The number of rotatable bonds is 7. The molecule has 1 fully saturated rings. The molecule has 0 radical (unpaired) electrons. The molecule has 8 nitrogen and oxygen atoms in total. The Morgan fingerprint density at radius 3 is 2.52 bits per heavy atom. The number of benzene rings is 1. The largest absolute Gasteiger partial charge is 0.452 e. The van der Waals surface area contributed by atoms with Gasteiger partial charge in [-0.15, -0.1) is 0 Å². The maximum atomic E-state index is 12.5. The van der Waals surface area contributed by atoms with E-state index in [4.69, 9.17) is 9.47 Å². The average molecular weight is 418 g/mol. The van der Waals surface area contributed by atoms with Crippen LogP contribution in [-0.4, -0.2) is 41.5 Å². The second-order valence-electron chi connectivity index (χ2n) is 7.01. The average Bonchev–Trinajstić information content (AvgIpc) is 3.34. The molecular formula is C23H22N4O4. The van der Waals surface area contributed by atoms with Crippen LogP contribution >= 0.6 is 0 Å². The van der Waals surface area contributed by atoms with Gasteiger partial charge >= 0.3 is 5.97 Å². The highest BCUT2D eigenvalue weighted by Crippen LogP contribution is 2.23. The minimum atomic E-state index is -0.702. The lowest BCUT2D eigenvalue weighted by atomic mass is 10.2. The third kappa shape index (κ3) is 5.36. The van der Waals surface area contributed by atoms with E-state index in [9.17, 15) is 9.59 Å². The smallest absolute Gasteiger partial charge is 0.344 e. The summed E-state index contributed by atoms with van der Waals surface area (Å²) >= 11 is 0. The normalized spacial score (nSPS) is 13.0. The van der Waals surface area contributed by atoms with E-state index < -0.39 is 18.5 Å². The number of esters is 1. The standard InChI is InChI=1S/C23H22N4O4/c28-21(26-17-7-9-18(10-8-17)27-13-1-2-14-27)16-30-23(29)20-6-4-12-25-22(20)31-19-5-3-11-24-15-19/h3-12,15H,1-2,13-14,16H2,(H,26,28). The van der Waals surface area contributed by atoms with Crippen LogP contribution in [0, 0.1) is 0 Å². The fourth-order valence-electron chi connectivity index (χ4n) is 3.28. The van der Waals surface area contributed by atoms with Crippen molar-refractivity contribution in [2.24, 2.45) is 0 Å². The number of hydrogen-bond donors (Lipinski definition) is 1. The summed E-state index contributed by atoms with van der Waals surface area (Å²) in [7, 11) is 0. The van der Waals surface area contributed by atoms with Crippen molar-refractivity contribution in [2.45, 2.75) is 12.8 Å². The zero-order valence-electron chi connectivity index (χ0n) is 16.9. The summed E-state index contributed by atoms with van der Waals surface area (Å²) in [4.78, 5) is 35.0. The fourth-order valence-corrected chi connectivity index (χ4v) is 3.28. The van der Waals surface area contributed by atoms with Gasteiger partial charge in [0.05, 0.1) is 6.20 Å². The number of pyridine rings is 2. The molecule has 1 aliphatic rings. The molecule has 3 aromatic rings. The Morgan fingerprint density at radius 2 is 1.77 bits per heavy atom. The third-order valence-corrected chi connectivity index (χ3v) is 4.80. The number of anilines is 2. The molecule has 1 amide bonds. The molecule has 1 saturated heterocycles. The van der Waals surface area contributed by atoms with Gasteiger partial charge in [-0.05, 0) is 61.4 Å². The monoisotopic (exact) mass is 418 g/mol.